The molecule has 0 fully saturated rings. The van der Waals surface area contributed by atoms with Crippen LogP contribution in [0.25, 0.3) is 0 Å². The molecule has 0 saturated heterocycles. The monoisotopic (exact) mass is 399 g/mol. The van der Waals surface area contributed by atoms with E-state index in [1.807, 2.05) is 30.3 Å². The van der Waals surface area contributed by atoms with Crippen LogP contribution in [0.5, 0.6) is 0 Å². The third-order valence-electron chi connectivity index (χ3n) is 3.52. The number of ether oxygens (including phenoxy) is 1. The fourth-order valence-electron chi connectivity index (χ4n) is 2.23. The van der Waals surface area contributed by atoms with Crippen LogP contribution in [0.3, 0.4) is 0 Å². The number of hydrogen-bond donors (Lipinski definition) is 0. The third-order valence-corrected chi connectivity index (χ3v) is 4.64. The van der Waals surface area contributed by atoms with E-state index in [0.29, 0.717) is 6.54 Å². The number of rotatable bonds is 5. The highest BCUT2D eigenvalue weighted by atomic mass is 35.5. The molecule has 1 amide bonds. The van der Waals surface area contributed by atoms with E-state index < -0.39 is 12.1 Å². The van der Waals surface area contributed by atoms with Crippen molar-refractivity contribution in [1.82, 2.24) is 4.90 Å². The number of carbonyl (C=O) groups is 2. The zero-order valence-electron chi connectivity index (χ0n) is 13.6. The number of esters is 1. The van der Waals surface area contributed by atoms with Crippen molar-refractivity contribution >= 4 is 46.7 Å². The Labute approximate surface area is 161 Å². The third kappa shape index (κ3) is 4.88. The first-order valence-corrected chi connectivity index (χ1v) is 8.58. The first-order valence-electron chi connectivity index (χ1n) is 7.44. The predicted octanol–water partition coefficient (Wildman–Crippen LogP) is 4.85. The number of carbonyl (C=O) groups excluding carboxylic acids is 2. The first kappa shape index (κ1) is 19.6. The van der Waals surface area contributed by atoms with Gasteiger partial charge in [0.1, 0.15) is 0 Å². The number of nitrogens with zero attached hydrogens (tertiary/aromatic N) is 1. The van der Waals surface area contributed by atoms with Crippen molar-refractivity contribution in [1.29, 1.82) is 0 Å². The van der Waals surface area contributed by atoms with Crippen LogP contribution in [0.1, 0.15) is 22.8 Å². The Morgan fingerprint density at radius 2 is 1.64 bits per heavy atom. The number of benzene rings is 2. The summed E-state index contributed by atoms with van der Waals surface area (Å²) in [4.78, 5) is 26.2. The van der Waals surface area contributed by atoms with E-state index in [1.165, 1.54) is 24.0 Å². The van der Waals surface area contributed by atoms with Gasteiger partial charge in [-0.1, -0.05) is 65.1 Å². The molecule has 132 valence electrons. The molecule has 4 nitrogen and oxygen atoms in total. The molecule has 0 bridgehead atoms. The maximum atomic E-state index is 12.4. The van der Waals surface area contributed by atoms with Crippen LogP contribution >= 0.6 is 34.8 Å². The van der Waals surface area contributed by atoms with E-state index in [9.17, 15) is 9.59 Å². The number of likely N-dealkylation sites (N-methyl/N-ethyl adjacent to an activating group) is 1. The molecule has 2 rings (SSSR count). The van der Waals surface area contributed by atoms with Gasteiger partial charge in [0.15, 0.2) is 6.10 Å². The second-order valence-corrected chi connectivity index (χ2v) is 6.64. The Bertz CT molecular complexity index is 781. The van der Waals surface area contributed by atoms with E-state index in [2.05, 4.69) is 0 Å². The minimum Gasteiger partial charge on any atom is -0.449 e. The van der Waals surface area contributed by atoms with Gasteiger partial charge in [0.2, 0.25) is 0 Å². The van der Waals surface area contributed by atoms with Gasteiger partial charge >= 0.3 is 5.97 Å². The van der Waals surface area contributed by atoms with Crippen LogP contribution in [0.4, 0.5) is 0 Å². The van der Waals surface area contributed by atoms with E-state index in [4.69, 9.17) is 39.5 Å². The Morgan fingerprint density at radius 1 is 1.04 bits per heavy atom. The quantitative estimate of drug-likeness (QED) is 0.532. The van der Waals surface area contributed by atoms with Crippen molar-refractivity contribution in [3.8, 4) is 0 Å². The predicted molar refractivity (Wildman–Crippen MR) is 99.3 cm³/mol. The second kappa shape index (κ2) is 8.56. The SMILES string of the molecule is C[C@@H](OC(=O)c1c(Cl)ccc(Cl)c1Cl)C(=O)N(C)Cc1ccccc1. The summed E-state index contributed by atoms with van der Waals surface area (Å²) in [6.07, 6.45) is -0.993. The summed E-state index contributed by atoms with van der Waals surface area (Å²) < 4.78 is 5.22. The van der Waals surface area contributed by atoms with Gasteiger partial charge in [-0.25, -0.2) is 4.79 Å². The summed E-state index contributed by atoms with van der Waals surface area (Å²) in [5, 5.41) is 0.284. The van der Waals surface area contributed by atoms with Gasteiger partial charge in [-0.05, 0) is 24.6 Å². The van der Waals surface area contributed by atoms with Gasteiger partial charge in [-0.15, -0.1) is 0 Å². The van der Waals surface area contributed by atoms with Crippen LogP contribution in [-0.2, 0) is 16.1 Å². The molecule has 0 spiro atoms. The molecule has 2 aromatic carbocycles. The number of halogens is 3. The molecule has 25 heavy (non-hydrogen) atoms. The summed E-state index contributed by atoms with van der Waals surface area (Å²) in [6.45, 7) is 1.90. The van der Waals surface area contributed by atoms with Gasteiger partial charge in [0.25, 0.3) is 5.91 Å². The van der Waals surface area contributed by atoms with Crippen LogP contribution < -0.4 is 0 Å². The summed E-state index contributed by atoms with van der Waals surface area (Å²) >= 11 is 17.9. The maximum absolute atomic E-state index is 12.4. The number of hydrogen-bond acceptors (Lipinski definition) is 3. The van der Waals surface area contributed by atoms with Crippen molar-refractivity contribution in [2.24, 2.45) is 0 Å². The normalized spacial score (nSPS) is 11.7. The Hall–Kier alpha value is -1.75. The lowest BCUT2D eigenvalue weighted by Gasteiger charge is -2.22. The van der Waals surface area contributed by atoms with Crippen molar-refractivity contribution in [2.75, 3.05) is 7.05 Å². The summed E-state index contributed by atoms with van der Waals surface area (Å²) in [5.74, 6) is -1.14. The van der Waals surface area contributed by atoms with Gasteiger partial charge in [-0.3, -0.25) is 4.79 Å². The number of amides is 1. The molecule has 0 aliphatic rings. The van der Waals surface area contributed by atoms with E-state index in [-0.39, 0.29) is 26.5 Å². The topological polar surface area (TPSA) is 46.6 Å². The highest BCUT2D eigenvalue weighted by molar-refractivity contribution is 6.46. The molecule has 0 aliphatic heterocycles. The fraction of sp³-hybridized carbons (Fsp3) is 0.222. The van der Waals surface area contributed by atoms with E-state index >= 15 is 0 Å². The molecule has 2 aromatic rings. The summed E-state index contributed by atoms with van der Waals surface area (Å²) in [5.41, 5.74) is 0.916. The Kier molecular flexibility index (Phi) is 6.71. The van der Waals surface area contributed by atoms with Gasteiger partial charge in [0, 0.05) is 13.6 Å². The van der Waals surface area contributed by atoms with Crippen molar-refractivity contribution < 1.29 is 14.3 Å². The molecule has 0 heterocycles. The van der Waals surface area contributed by atoms with Crippen LogP contribution in [0.15, 0.2) is 42.5 Å². The van der Waals surface area contributed by atoms with Gasteiger partial charge < -0.3 is 9.64 Å². The lowest BCUT2D eigenvalue weighted by Crippen LogP contribution is -2.37. The largest absolute Gasteiger partial charge is 0.449 e. The Morgan fingerprint density at radius 3 is 2.28 bits per heavy atom. The molecule has 0 aliphatic carbocycles. The minimum atomic E-state index is -0.993. The lowest BCUT2D eigenvalue weighted by atomic mass is 10.2. The molecule has 1 atom stereocenters. The fourth-order valence-corrected chi connectivity index (χ4v) is 2.91. The van der Waals surface area contributed by atoms with Crippen molar-refractivity contribution in [3.05, 3.63) is 68.7 Å². The van der Waals surface area contributed by atoms with Gasteiger partial charge in [-0.2, -0.15) is 0 Å². The average molecular weight is 401 g/mol. The minimum absolute atomic E-state index is 0.00328. The molecule has 7 heteroatoms. The standard InChI is InChI=1S/C18H16Cl3NO3/c1-11(17(23)22(2)10-12-6-4-3-5-7-12)25-18(24)15-13(19)8-9-14(20)16(15)21/h3-9,11H,10H2,1-2H3/t11-/m1/s1. The van der Waals surface area contributed by atoms with Crippen LogP contribution in [-0.4, -0.2) is 29.9 Å². The van der Waals surface area contributed by atoms with Crippen LogP contribution in [0.2, 0.25) is 15.1 Å². The summed E-state index contributed by atoms with van der Waals surface area (Å²) in [6, 6.07) is 12.4. The molecule has 0 aromatic heterocycles. The van der Waals surface area contributed by atoms with Crippen molar-refractivity contribution in [2.45, 2.75) is 19.6 Å². The molecule has 0 N–H and O–H groups in total. The second-order valence-electron chi connectivity index (χ2n) is 5.45. The highest BCUT2D eigenvalue weighted by Crippen LogP contribution is 2.32. The molecule has 0 saturated carbocycles. The molecular weight excluding hydrogens is 385 g/mol. The zero-order valence-corrected chi connectivity index (χ0v) is 15.9. The van der Waals surface area contributed by atoms with E-state index in [1.54, 1.807) is 7.05 Å². The Balaban J connectivity index is 2.06. The lowest BCUT2D eigenvalue weighted by molar-refractivity contribution is -0.139. The van der Waals surface area contributed by atoms with Crippen molar-refractivity contribution in [3.63, 3.8) is 0 Å². The summed E-state index contributed by atoms with van der Waals surface area (Å²) in [7, 11) is 1.64. The smallest absolute Gasteiger partial charge is 0.342 e. The highest BCUT2D eigenvalue weighted by Gasteiger charge is 2.25. The maximum Gasteiger partial charge on any atom is 0.342 e. The zero-order chi connectivity index (χ0) is 18.6. The van der Waals surface area contributed by atoms with E-state index in [0.717, 1.165) is 5.56 Å². The molecule has 0 unspecified atom stereocenters. The molecule has 0 radical (unpaired) electrons. The molecular formula is C18H16Cl3NO3. The average Bonchev–Trinajstić information content (AvgIpc) is 2.58. The first-order chi connectivity index (χ1) is 11.8. The van der Waals surface area contributed by atoms with Crippen LogP contribution in [0, 0.1) is 0 Å². The van der Waals surface area contributed by atoms with Gasteiger partial charge in [0.05, 0.1) is 20.6 Å².